The number of aromatic nitrogens is 2. The predicted molar refractivity (Wildman–Crippen MR) is 45.5 cm³/mol. The van der Waals surface area contributed by atoms with Crippen LogP contribution in [0.15, 0.2) is 0 Å². The van der Waals surface area contributed by atoms with Crippen LogP contribution in [-0.2, 0) is 11.8 Å². The summed E-state index contributed by atoms with van der Waals surface area (Å²) in [6, 6.07) is 0. The molecule has 0 fully saturated rings. The minimum atomic E-state index is -1.79. The van der Waals surface area contributed by atoms with Crippen molar-refractivity contribution in [2.75, 3.05) is 7.11 Å². The fraction of sp³-hybridized carbons (Fsp3) is 0.286. The smallest absolute Gasteiger partial charge is 0.365 e. The van der Waals surface area contributed by atoms with Gasteiger partial charge in [-0.1, -0.05) is 0 Å². The van der Waals surface area contributed by atoms with Gasteiger partial charge in [-0.05, 0) is 0 Å². The van der Waals surface area contributed by atoms with Gasteiger partial charge in [-0.25, -0.2) is 4.79 Å². The van der Waals surface area contributed by atoms with E-state index in [1.54, 1.807) is 0 Å². The van der Waals surface area contributed by atoms with Gasteiger partial charge in [0.2, 0.25) is 5.69 Å². The number of carbonyl (C=O) groups excluding carboxylic acids is 2. The lowest BCUT2D eigenvalue weighted by atomic mass is 10.3. The molecule has 0 radical (unpaired) electrons. The molecule has 9 nitrogen and oxygen atoms in total. The fourth-order valence-corrected chi connectivity index (χ4v) is 1.15. The molecule has 0 saturated carbocycles. The molecular formula is C7H6N3O6-. The number of nitro groups is 1. The molecular weight excluding hydrogens is 222 g/mol. The third-order valence-electron chi connectivity index (χ3n) is 1.78. The normalized spacial score (nSPS) is 9.88. The summed E-state index contributed by atoms with van der Waals surface area (Å²) in [5.74, 6) is -2.88. The number of carboxylic acid groups (broad SMARTS) is 1. The number of hydrogen-bond acceptors (Lipinski definition) is 7. The van der Waals surface area contributed by atoms with Crippen LogP contribution in [0.3, 0.4) is 0 Å². The zero-order valence-corrected chi connectivity index (χ0v) is 8.29. The lowest BCUT2D eigenvalue weighted by molar-refractivity contribution is -0.386. The fourth-order valence-electron chi connectivity index (χ4n) is 1.15. The van der Waals surface area contributed by atoms with Crippen LogP contribution < -0.4 is 5.11 Å². The molecule has 1 aromatic heterocycles. The number of carbonyl (C=O) groups is 2. The monoisotopic (exact) mass is 228 g/mol. The number of ether oxygens (including phenoxy) is 1. The topological polar surface area (TPSA) is 127 Å². The van der Waals surface area contributed by atoms with E-state index in [1.807, 2.05) is 0 Å². The molecule has 0 aliphatic carbocycles. The molecule has 0 aliphatic rings. The first-order valence-corrected chi connectivity index (χ1v) is 3.91. The van der Waals surface area contributed by atoms with E-state index >= 15 is 0 Å². The third kappa shape index (κ3) is 1.69. The van der Waals surface area contributed by atoms with Crippen LogP contribution in [0, 0.1) is 10.1 Å². The Morgan fingerprint density at radius 2 is 2.06 bits per heavy atom. The second kappa shape index (κ2) is 3.96. The largest absolute Gasteiger partial charge is 0.543 e. The highest BCUT2D eigenvalue weighted by Crippen LogP contribution is 2.22. The standard InChI is InChI=1S/C7H7N3O6/c1-9-5(6(11)12)4(10(14)15)3(8-9)7(13)16-2/h1-2H3,(H,11,12)/p-1. The molecule has 0 N–H and O–H groups in total. The average molecular weight is 228 g/mol. The summed E-state index contributed by atoms with van der Waals surface area (Å²) >= 11 is 0. The quantitative estimate of drug-likeness (QED) is 0.349. The summed E-state index contributed by atoms with van der Waals surface area (Å²) in [5.41, 5.74) is -2.39. The first-order valence-electron chi connectivity index (χ1n) is 3.91. The van der Waals surface area contributed by atoms with E-state index in [0.29, 0.717) is 4.68 Å². The highest BCUT2D eigenvalue weighted by atomic mass is 16.6. The Morgan fingerprint density at radius 1 is 1.50 bits per heavy atom. The number of rotatable bonds is 3. The van der Waals surface area contributed by atoms with Crippen molar-refractivity contribution in [3.05, 3.63) is 21.5 Å². The Labute approximate surface area is 88.4 Å². The van der Waals surface area contributed by atoms with Crippen LogP contribution in [-0.4, -0.2) is 33.8 Å². The molecule has 0 atom stereocenters. The van der Waals surface area contributed by atoms with Gasteiger partial charge in [0, 0.05) is 7.05 Å². The van der Waals surface area contributed by atoms with Crippen LogP contribution in [0.4, 0.5) is 5.69 Å². The van der Waals surface area contributed by atoms with E-state index in [0.717, 1.165) is 14.2 Å². The molecule has 0 aliphatic heterocycles. The lowest BCUT2D eigenvalue weighted by Gasteiger charge is -2.00. The second-order valence-corrected chi connectivity index (χ2v) is 2.71. The first kappa shape index (κ1) is 11.6. The third-order valence-corrected chi connectivity index (χ3v) is 1.78. The van der Waals surface area contributed by atoms with E-state index in [9.17, 15) is 24.8 Å². The molecule has 1 aromatic rings. The molecule has 0 aromatic carbocycles. The van der Waals surface area contributed by atoms with Gasteiger partial charge in [-0.3, -0.25) is 14.8 Å². The van der Waals surface area contributed by atoms with Crippen molar-refractivity contribution in [3.63, 3.8) is 0 Å². The summed E-state index contributed by atoms with van der Waals surface area (Å²) in [6.07, 6.45) is 0. The Hall–Kier alpha value is -2.45. The molecule has 16 heavy (non-hydrogen) atoms. The molecule has 86 valence electrons. The number of carboxylic acids is 1. The number of nitrogens with zero attached hydrogens (tertiary/aromatic N) is 3. The van der Waals surface area contributed by atoms with Gasteiger partial charge in [-0.15, -0.1) is 0 Å². The van der Waals surface area contributed by atoms with Gasteiger partial charge >= 0.3 is 11.7 Å². The number of aryl methyl sites for hydroxylation is 1. The number of aromatic carboxylic acids is 1. The maximum absolute atomic E-state index is 11.1. The van der Waals surface area contributed by atoms with Gasteiger partial charge < -0.3 is 14.6 Å². The zero-order chi connectivity index (χ0) is 12.5. The molecule has 1 heterocycles. The number of hydrogen-bond donors (Lipinski definition) is 0. The van der Waals surface area contributed by atoms with Crippen LogP contribution in [0.25, 0.3) is 0 Å². The SMILES string of the molecule is COC(=O)c1nn(C)c(C(=O)[O-])c1[N+](=O)[O-]. The van der Waals surface area contributed by atoms with Crippen molar-refractivity contribution < 1.29 is 24.4 Å². The first-order chi connectivity index (χ1) is 7.40. The van der Waals surface area contributed by atoms with Crippen molar-refractivity contribution in [1.29, 1.82) is 0 Å². The minimum absolute atomic E-state index is 0.672. The number of esters is 1. The van der Waals surface area contributed by atoms with Crippen LogP contribution in [0.2, 0.25) is 0 Å². The van der Waals surface area contributed by atoms with Crippen LogP contribution in [0.5, 0.6) is 0 Å². The van der Waals surface area contributed by atoms with E-state index in [4.69, 9.17) is 0 Å². The second-order valence-electron chi connectivity index (χ2n) is 2.71. The van der Waals surface area contributed by atoms with Gasteiger partial charge in [0.15, 0.2) is 5.69 Å². The van der Waals surface area contributed by atoms with Gasteiger partial charge in [0.25, 0.3) is 0 Å². The Kier molecular flexibility index (Phi) is 2.88. The highest BCUT2D eigenvalue weighted by Gasteiger charge is 2.32. The van der Waals surface area contributed by atoms with Gasteiger partial charge in [-0.2, -0.15) is 5.10 Å². The maximum Gasteiger partial charge on any atom is 0.365 e. The summed E-state index contributed by atoms with van der Waals surface area (Å²) in [4.78, 5) is 31.4. The highest BCUT2D eigenvalue weighted by molar-refractivity contribution is 5.98. The Morgan fingerprint density at radius 3 is 2.44 bits per heavy atom. The lowest BCUT2D eigenvalue weighted by Crippen LogP contribution is -2.26. The summed E-state index contributed by atoms with van der Waals surface area (Å²) < 4.78 is 4.92. The Bertz CT molecular complexity index is 477. The zero-order valence-electron chi connectivity index (χ0n) is 8.29. The van der Waals surface area contributed by atoms with Crippen LogP contribution in [0.1, 0.15) is 21.0 Å². The molecule has 0 amide bonds. The van der Waals surface area contributed by atoms with E-state index in [1.165, 1.54) is 0 Å². The molecule has 9 heteroatoms. The summed E-state index contributed by atoms with van der Waals surface area (Å²) in [7, 11) is 2.14. The van der Waals surface area contributed by atoms with Gasteiger partial charge in [0.05, 0.1) is 18.0 Å². The number of methoxy groups -OCH3 is 1. The molecule has 0 saturated heterocycles. The van der Waals surface area contributed by atoms with E-state index in [-0.39, 0.29) is 0 Å². The van der Waals surface area contributed by atoms with Crippen molar-refractivity contribution in [3.8, 4) is 0 Å². The van der Waals surface area contributed by atoms with Crippen LogP contribution >= 0.6 is 0 Å². The molecule has 0 spiro atoms. The van der Waals surface area contributed by atoms with E-state index in [2.05, 4.69) is 9.84 Å². The average Bonchev–Trinajstić information content (AvgIpc) is 2.54. The summed E-state index contributed by atoms with van der Waals surface area (Å²) in [5, 5.41) is 24.7. The van der Waals surface area contributed by atoms with Crippen molar-refractivity contribution in [2.45, 2.75) is 0 Å². The van der Waals surface area contributed by atoms with Crippen molar-refractivity contribution in [2.24, 2.45) is 7.05 Å². The summed E-state index contributed by atoms with van der Waals surface area (Å²) in [6.45, 7) is 0. The molecule has 1 rings (SSSR count). The van der Waals surface area contributed by atoms with Gasteiger partial charge in [0.1, 0.15) is 0 Å². The van der Waals surface area contributed by atoms with E-state index < -0.39 is 33.9 Å². The maximum atomic E-state index is 11.1. The Balaban J connectivity index is 3.53. The van der Waals surface area contributed by atoms with Crippen molar-refractivity contribution >= 4 is 17.6 Å². The predicted octanol–water partition coefficient (Wildman–Crippen LogP) is -1.52. The molecule has 0 unspecified atom stereocenters. The van der Waals surface area contributed by atoms with Crippen molar-refractivity contribution in [1.82, 2.24) is 9.78 Å². The minimum Gasteiger partial charge on any atom is -0.543 e. The molecule has 0 bridgehead atoms.